The number of aromatic amines is 1. The lowest BCUT2D eigenvalue weighted by atomic mass is 10.0. The second kappa shape index (κ2) is 5.67. The van der Waals surface area contributed by atoms with Crippen LogP contribution in [0.5, 0.6) is 0 Å². The van der Waals surface area contributed by atoms with Crippen LogP contribution in [0.1, 0.15) is 30.0 Å². The molecule has 0 atom stereocenters. The molecule has 0 unspecified atom stereocenters. The van der Waals surface area contributed by atoms with Gasteiger partial charge in [0.2, 0.25) is 0 Å². The van der Waals surface area contributed by atoms with Gasteiger partial charge in [-0.2, -0.15) is 0 Å². The minimum absolute atomic E-state index is 0.0157. The average Bonchev–Trinajstić information content (AvgIpc) is 2.89. The van der Waals surface area contributed by atoms with Crippen LogP contribution in [0.2, 0.25) is 0 Å². The molecule has 0 saturated carbocycles. The fraction of sp³-hybridized carbons (Fsp3) is 0.438. The van der Waals surface area contributed by atoms with Crippen molar-refractivity contribution in [1.29, 1.82) is 0 Å². The van der Waals surface area contributed by atoms with E-state index in [1.54, 1.807) is 6.20 Å². The summed E-state index contributed by atoms with van der Waals surface area (Å²) in [7, 11) is 0. The third-order valence-corrected chi connectivity index (χ3v) is 4.15. The van der Waals surface area contributed by atoms with Crippen molar-refractivity contribution < 1.29 is 0 Å². The summed E-state index contributed by atoms with van der Waals surface area (Å²) in [5.41, 5.74) is 2.69. The first kappa shape index (κ1) is 13.2. The van der Waals surface area contributed by atoms with Crippen LogP contribution in [0.4, 0.5) is 0 Å². The first-order valence-corrected chi connectivity index (χ1v) is 7.26. The van der Waals surface area contributed by atoms with E-state index in [1.165, 1.54) is 11.1 Å². The van der Waals surface area contributed by atoms with Crippen LogP contribution in [-0.2, 0) is 6.54 Å². The van der Waals surface area contributed by atoms with Crippen molar-refractivity contribution in [1.82, 2.24) is 14.5 Å². The molecule has 0 radical (unpaired) electrons. The van der Waals surface area contributed by atoms with Crippen LogP contribution in [0.25, 0.3) is 0 Å². The Morgan fingerprint density at radius 3 is 2.50 bits per heavy atom. The molecular formula is C16H21N3O. The molecule has 1 aliphatic rings. The number of rotatable bonds is 3. The molecule has 0 aliphatic carbocycles. The third kappa shape index (κ3) is 2.85. The van der Waals surface area contributed by atoms with E-state index < -0.39 is 0 Å². The number of piperidine rings is 1. The molecule has 1 saturated heterocycles. The van der Waals surface area contributed by atoms with Gasteiger partial charge in [0, 0.05) is 38.1 Å². The van der Waals surface area contributed by atoms with Gasteiger partial charge >= 0.3 is 5.69 Å². The van der Waals surface area contributed by atoms with Gasteiger partial charge in [-0.1, -0.05) is 29.8 Å². The van der Waals surface area contributed by atoms with Crippen LogP contribution >= 0.6 is 0 Å². The van der Waals surface area contributed by atoms with Crippen molar-refractivity contribution in [2.45, 2.75) is 32.4 Å². The predicted octanol–water partition coefficient (Wildman–Crippen LogP) is 2.32. The maximum absolute atomic E-state index is 11.6. The number of nitrogens with one attached hydrogen (secondary N) is 1. The monoisotopic (exact) mass is 271 g/mol. The lowest BCUT2D eigenvalue weighted by Gasteiger charge is -2.32. The van der Waals surface area contributed by atoms with Gasteiger partial charge in [0.25, 0.3) is 0 Å². The predicted molar refractivity (Wildman–Crippen MR) is 79.8 cm³/mol. The van der Waals surface area contributed by atoms with E-state index >= 15 is 0 Å². The summed E-state index contributed by atoms with van der Waals surface area (Å²) in [6.45, 7) is 5.23. The number of aryl methyl sites for hydroxylation is 1. The van der Waals surface area contributed by atoms with Crippen molar-refractivity contribution in [2.24, 2.45) is 0 Å². The molecule has 3 rings (SSSR count). The molecular weight excluding hydrogens is 250 g/mol. The van der Waals surface area contributed by atoms with Gasteiger partial charge in [0.15, 0.2) is 0 Å². The zero-order chi connectivity index (χ0) is 13.9. The van der Waals surface area contributed by atoms with Gasteiger partial charge < -0.3 is 4.98 Å². The Labute approximate surface area is 119 Å². The van der Waals surface area contributed by atoms with Crippen LogP contribution in [-0.4, -0.2) is 27.5 Å². The molecule has 1 aromatic heterocycles. The summed E-state index contributed by atoms with van der Waals surface area (Å²) in [4.78, 5) is 16.8. The summed E-state index contributed by atoms with van der Waals surface area (Å²) in [5.74, 6) is 0. The van der Waals surface area contributed by atoms with Crippen LogP contribution in [0, 0.1) is 6.92 Å². The molecule has 2 heterocycles. The Morgan fingerprint density at radius 1 is 1.20 bits per heavy atom. The topological polar surface area (TPSA) is 41.0 Å². The minimum Gasteiger partial charge on any atom is -0.313 e. The van der Waals surface area contributed by atoms with Gasteiger partial charge in [0.1, 0.15) is 0 Å². The molecule has 1 aromatic carbocycles. The molecule has 0 bridgehead atoms. The summed E-state index contributed by atoms with van der Waals surface area (Å²) in [5, 5.41) is 0. The minimum atomic E-state index is 0.0157. The van der Waals surface area contributed by atoms with E-state index in [2.05, 4.69) is 41.1 Å². The van der Waals surface area contributed by atoms with Crippen LogP contribution < -0.4 is 5.69 Å². The Hall–Kier alpha value is -1.81. The van der Waals surface area contributed by atoms with Crippen molar-refractivity contribution in [3.63, 3.8) is 0 Å². The summed E-state index contributed by atoms with van der Waals surface area (Å²) >= 11 is 0. The molecule has 0 spiro atoms. The lowest BCUT2D eigenvalue weighted by molar-refractivity contribution is 0.178. The smallest absolute Gasteiger partial charge is 0.313 e. The normalized spacial score (nSPS) is 17.4. The first-order valence-electron chi connectivity index (χ1n) is 7.26. The maximum atomic E-state index is 11.6. The number of hydrogen-bond acceptors (Lipinski definition) is 2. The molecule has 1 N–H and O–H groups in total. The number of aromatic nitrogens is 2. The van der Waals surface area contributed by atoms with E-state index in [-0.39, 0.29) is 5.69 Å². The highest BCUT2D eigenvalue weighted by Gasteiger charge is 2.21. The molecule has 106 valence electrons. The van der Waals surface area contributed by atoms with Crippen molar-refractivity contribution in [2.75, 3.05) is 13.1 Å². The summed E-state index contributed by atoms with van der Waals surface area (Å²) in [6.07, 6.45) is 5.68. The van der Waals surface area contributed by atoms with Crippen molar-refractivity contribution >= 4 is 0 Å². The summed E-state index contributed by atoms with van der Waals surface area (Å²) < 4.78 is 1.84. The van der Waals surface area contributed by atoms with E-state index in [1.807, 2.05) is 10.8 Å². The first-order chi connectivity index (χ1) is 9.72. The third-order valence-electron chi connectivity index (χ3n) is 4.15. The van der Waals surface area contributed by atoms with E-state index in [4.69, 9.17) is 0 Å². The maximum Gasteiger partial charge on any atom is 0.325 e. The molecule has 1 aliphatic heterocycles. The largest absolute Gasteiger partial charge is 0.325 e. The molecule has 0 amide bonds. The number of likely N-dealkylation sites (tertiary alicyclic amines) is 1. The highest BCUT2D eigenvalue weighted by atomic mass is 16.1. The second-order valence-corrected chi connectivity index (χ2v) is 5.67. The number of H-pyrrole nitrogens is 1. The Balaban J connectivity index is 1.57. The lowest BCUT2D eigenvalue weighted by Crippen LogP contribution is -2.36. The highest BCUT2D eigenvalue weighted by Crippen LogP contribution is 2.22. The van der Waals surface area contributed by atoms with E-state index in [0.717, 1.165) is 32.5 Å². The number of benzene rings is 1. The van der Waals surface area contributed by atoms with E-state index in [9.17, 15) is 4.79 Å². The zero-order valence-electron chi connectivity index (χ0n) is 11.9. The van der Waals surface area contributed by atoms with Gasteiger partial charge in [-0.15, -0.1) is 0 Å². The number of hydrogen-bond donors (Lipinski definition) is 1. The van der Waals surface area contributed by atoms with Gasteiger partial charge in [-0.25, -0.2) is 4.79 Å². The van der Waals surface area contributed by atoms with Gasteiger partial charge in [-0.3, -0.25) is 9.47 Å². The highest BCUT2D eigenvalue weighted by molar-refractivity contribution is 5.21. The van der Waals surface area contributed by atoms with E-state index in [0.29, 0.717) is 6.04 Å². The van der Waals surface area contributed by atoms with Crippen LogP contribution in [0.15, 0.2) is 41.5 Å². The Kier molecular flexibility index (Phi) is 3.74. The standard InChI is InChI=1S/C16H21N3O/c1-13-2-4-14(5-3-13)12-18-9-6-15(7-10-18)19-11-8-17-16(19)20/h2-5,8,11,15H,6-7,9-10,12H2,1H3,(H,17,20). The van der Waals surface area contributed by atoms with Gasteiger partial charge in [0.05, 0.1) is 0 Å². The average molecular weight is 271 g/mol. The van der Waals surface area contributed by atoms with Crippen molar-refractivity contribution in [3.05, 3.63) is 58.3 Å². The fourth-order valence-corrected chi connectivity index (χ4v) is 2.93. The Morgan fingerprint density at radius 2 is 1.90 bits per heavy atom. The molecule has 4 heteroatoms. The number of imidazole rings is 1. The van der Waals surface area contributed by atoms with Gasteiger partial charge in [-0.05, 0) is 25.3 Å². The summed E-state index contributed by atoms with van der Waals surface area (Å²) in [6, 6.07) is 9.10. The SMILES string of the molecule is Cc1ccc(CN2CCC(n3cc[nH]c3=O)CC2)cc1. The molecule has 4 nitrogen and oxygen atoms in total. The quantitative estimate of drug-likeness (QED) is 0.930. The molecule has 20 heavy (non-hydrogen) atoms. The molecule has 2 aromatic rings. The molecule has 1 fully saturated rings. The number of nitrogens with zero attached hydrogens (tertiary/aromatic N) is 2. The van der Waals surface area contributed by atoms with Crippen molar-refractivity contribution in [3.8, 4) is 0 Å². The van der Waals surface area contributed by atoms with Crippen LogP contribution in [0.3, 0.4) is 0 Å². The Bertz CT molecular complexity index is 603. The zero-order valence-corrected chi connectivity index (χ0v) is 11.9. The second-order valence-electron chi connectivity index (χ2n) is 5.67. The fourth-order valence-electron chi connectivity index (χ4n) is 2.93.